The van der Waals surface area contributed by atoms with Gasteiger partial charge in [0, 0.05) is 20.1 Å². The number of carbonyl (C=O) groups is 1. The van der Waals surface area contributed by atoms with Gasteiger partial charge in [-0.2, -0.15) is 0 Å². The lowest BCUT2D eigenvalue weighted by Gasteiger charge is -2.26. The van der Waals surface area contributed by atoms with E-state index in [1.807, 2.05) is 34.7 Å². The Balaban J connectivity index is 1.94. The van der Waals surface area contributed by atoms with Gasteiger partial charge in [0.2, 0.25) is 5.91 Å². The summed E-state index contributed by atoms with van der Waals surface area (Å²) < 4.78 is 7.58. The van der Waals surface area contributed by atoms with Crippen LogP contribution in [0.5, 0.6) is 5.75 Å². The Kier molecular flexibility index (Phi) is 8.63. The molecule has 0 aliphatic carbocycles. The first-order chi connectivity index (χ1) is 13.3. The molecule has 2 aromatic rings. The maximum Gasteiger partial charge on any atom is 0.233 e. The van der Waals surface area contributed by atoms with E-state index in [-0.39, 0.29) is 12.5 Å². The zero-order valence-electron chi connectivity index (χ0n) is 17.2. The first-order valence-corrected chi connectivity index (χ1v) is 10.8. The minimum Gasteiger partial charge on any atom is -0.484 e. The summed E-state index contributed by atoms with van der Waals surface area (Å²) in [6, 6.07) is 7.31. The average molecular weight is 425 g/mol. The van der Waals surface area contributed by atoms with Gasteiger partial charge in [0.25, 0.3) is 0 Å². The highest BCUT2D eigenvalue weighted by atomic mass is 35.5. The molecule has 8 heteroatoms. The van der Waals surface area contributed by atoms with Crippen molar-refractivity contribution in [2.24, 2.45) is 18.9 Å². The fourth-order valence-corrected chi connectivity index (χ4v) is 3.70. The van der Waals surface area contributed by atoms with Crippen LogP contribution >= 0.6 is 23.4 Å². The molecule has 0 radical (unpaired) electrons. The van der Waals surface area contributed by atoms with Gasteiger partial charge < -0.3 is 14.2 Å². The van der Waals surface area contributed by atoms with Crippen molar-refractivity contribution in [1.29, 1.82) is 0 Å². The zero-order chi connectivity index (χ0) is 20.7. The van der Waals surface area contributed by atoms with Gasteiger partial charge in [0.1, 0.15) is 12.4 Å². The molecule has 0 aliphatic heterocycles. The third-order valence-corrected chi connectivity index (χ3v) is 5.28. The number of aromatic nitrogens is 3. The van der Waals surface area contributed by atoms with E-state index in [1.165, 1.54) is 11.8 Å². The van der Waals surface area contributed by atoms with Crippen LogP contribution in [0.1, 0.15) is 33.5 Å². The summed E-state index contributed by atoms with van der Waals surface area (Å²) in [5, 5.41) is 9.63. The van der Waals surface area contributed by atoms with Crippen LogP contribution < -0.4 is 4.74 Å². The quantitative estimate of drug-likeness (QED) is 0.532. The molecule has 1 aromatic heterocycles. The molecule has 0 spiro atoms. The van der Waals surface area contributed by atoms with Gasteiger partial charge in [0.15, 0.2) is 11.0 Å². The fourth-order valence-electron chi connectivity index (χ4n) is 2.68. The zero-order valence-corrected chi connectivity index (χ0v) is 18.8. The van der Waals surface area contributed by atoms with Gasteiger partial charge in [-0.15, -0.1) is 10.2 Å². The SMILES string of the molecule is CC(C)CN(CC(C)C)C(=O)CSc1nnc(COc2ccccc2Cl)n1C. The number of para-hydroxylation sites is 1. The molecule has 6 nitrogen and oxygen atoms in total. The van der Waals surface area contributed by atoms with Crippen LogP contribution in [0.2, 0.25) is 5.02 Å². The first kappa shape index (κ1) is 22.6. The number of amides is 1. The second kappa shape index (κ2) is 10.7. The lowest BCUT2D eigenvalue weighted by atomic mass is 10.1. The van der Waals surface area contributed by atoms with Crippen LogP contribution in [0, 0.1) is 11.8 Å². The molecule has 0 saturated heterocycles. The van der Waals surface area contributed by atoms with Gasteiger partial charge in [-0.3, -0.25) is 4.79 Å². The lowest BCUT2D eigenvalue weighted by Crippen LogP contribution is -2.38. The first-order valence-electron chi connectivity index (χ1n) is 9.44. The van der Waals surface area contributed by atoms with E-state index in [1.54, 1.807) is 6.07 Å². The summed E-state index contributed by atoms with van der Waals surface area (Å²) in [5.74, 6) is 2.64. The van der Waals surface area contributed by atoms with E-state index in [9.17, 15) is 4.79 Å². The summed E-state index contributed by atoms with van der Waals surface area (Å²) in [6.07, 6.45) is 0. The Hall–Kier alpha value is -1.73. The highest BCUT2D eigenvalue weighted by molar-refractivity contribution is 7.99. The standard InChI is InChI=1S/C20H29ClN4O2S/c1-14(2)10-25(11-15(3)4)19(26)13-28-20-23-22-18(24(20)5)12-27-17-9-7-6-8-16(17)21/h6-9,14-15H,10-13H2,1-5H3. The molecule has 0 atom stereocenters. The Morgan fingerprint density at radius 2 is 1.82 bits per heavy atom. The van der Waals surface area contributed by atoms with E-state index >= 15 is 0 Å². The van der Waals surface area contributed by atoms with E-state index in [2.05, 4.69) is 37.9 Å². The van der Waals surface area contributed by atoms with Crippen LogP contribution in [0.15, 0.2) is 29.4 Å². The summed E-state index contributed by atoms with van der Waals surface area (Å²) in [6.45, 7) is 10.3. The fraction of sp³-hybridized carbons (Fsp3) is 0.550. The number of rotatable bonds is 10. The van der Waals surface area contributed by atoms with Crippen molar-refractivity contribution in [2.75, 3.05) is 18.8 Å². The van der Waals surface area contributed by atoms with Crippen LogP contribution in [0.3, 0.4) is 0 Å². The molecular weight excluding hydrogens is 396 g/mol. The molecule has 154 valence electrons. The van der Waals surface area contributed by atoms with E-state index < -0.39 is 0 Å². The van der Waals surface area contributed by atoms with Crippen LogP contribution in [0.4, 0.5) is 0 Å². The van der Waals surface area contributed by atoms with Gasteiger partial charge in [-0.1, -0.05) is 63.2 Å². The van der Waals surface area contributed by atoms with Gasteiger partial charge >= 0.3 is 0 Å². The molecule has 2 rings (SSSR count). The van der Waals surface area contributed by atoms with Crippen molar-refractivity contribution in [3.63, 3.8) is 0 Å². The van der Waals surface area contributed by atoms with Crippen molar-refractivity contribution >= 4 is 29.3 Å². The van der Waals surface area contributed by atoms with Crippen molar-refractivity contribution in [1.82, 2.24) is 19.7 Å². The minimum atomic E-state index is 0.129. The average Bonchev–Trinajstić information content (AvgIpc) is 2.97. The second-order valence-electron chi connectivity index (χ2n) is 7.55. The number of carbonyl (C=O) groups excluding carboxylic acids is 1. The van der Waals surface area contributed by atoms with Gasteiger partial charge in [0.05, 0.1) is 10.8 Å². The molecule has 0 fully saturated rings. The highest BCUT2D eigenvalue weighted by Crippen LogP contribution is 2.24. The summed E-state index contributed by atoms with van der Waals surface area (Å²) in [4.78, 5) is 14.6. The molecule has 0 aliphatic rings. The highest BCUT2D eigenvalue weighted by Gasteiger charge is 2.18. The van der Waals surface area contributed by atoms with Gasteiger partial charge in [-0.05, 0) is 24.0 Å². The summed E-state index contributed by atoms with van der Waals surface area (Å²) >= 11 is 7.51. The number of halogens is 1. The molecule has 0 N–H and O–H groups in total. The largest absolute Gasteiger partial charge is 0.484 e. The number of thioether (sulfide) groups is 1. The molecule has 1 aromatic carbocycles. The Morgan fingerprint density at radius 3 is 2.43 bits per heavy atom. The smallest absolute Gasteiger partial charge is 0.233 e. The summed E-state index contributed by atoms with van der Waals surface area (Å²) in [5.41, 5.74) is 0. The number of nitrogens with zero attached hydrogens (tertiary/aromatic N) is 4. The maximum atomic E-state index is 12.7. The van der Waals surface area contributed by atoms with E-state index in [0.29, 0.717) is 39.3 Å². The van der Waals surface area contributed by atoms with Crippen LogP contribution in [-0.2, 0) is 18.4 Å². The maximum absolute atomic E-state index is 12.7. The topological polar surface area (TPSA) is 60.3 Å². The number of hydrogen-bond acceptors (Lipinski definition) is 5. The number of benzene rings is 1. The van der Waals surface area contributed by atoms with Crippen molar-refractivity contribution in [3.8, 4) is 5.75 Å². The molecule has 1 heterocycles. The third kappa shape index (κ3) is 6.71. The molecular formula is C20H29ClN4O2S. The molecule has 1 amide bonds. The predicted octanol–water partition coefficient (Wildman–Crippen LogP) is 4.28. The molecule has 0 unspecified atom stereocenters. The normalized spacial score (nSPS) is 11.3. The van der Waals surface area contributed by atoms with Crippen LogP contribution in [0.25, 0.3) is 0 Å². The monoisotopic (exact) mass is 424 g/mol. The number of ether oxygens (including phenoxy) is 1. The molecule has 28 heavy (non-hydrogen) atoms. The Labute approximate surface area is 176 Å². The Bertz CT molecular complexity index is 769. The van der Waals surface area contributed by atoms with Crippen molar-refractivity contribution in [2.45, 2.75) is 39.5 Å². The predicted molar refractivity (Wildman–Crippen MR) is 114 cm³/mol. The van der Waals surface area contributed by atoms with Crippen LogP contribution in [-0.4, -0.2) is 44.4 Å². The lowest BCUT2D eigenvalue weighted by molar-refractivity contribution is -0.129. The summed E-state index contributed by atoms with van der Waals surface area (Å²) in [7, 11) is 1.87. The van der Waals surface area contributed by atoms with Gasteiger partial charge in [-0.25, -0.2) is 0 Å². The second-order valence-corrected chi connectivity index (χ2v) is 8.90. The van der Waals surface area contributed by atoms with E-state index in [0.717, 1.165) is 13.1 Å². The Morgan fingerprint density at radius 1 is 1.18 bits per heavy atom. The van der Waals surface area contributed by atoms with Crippen molar-refractivity contribution < 1.29 is 9.53 Å². The molecule has 0 bridgehead atoms. The third-order valence-electron chi connectivity index (χ3n) is 3.97. The minimum absolute atomic E-state index is 0.129. The van der Waals surface area contributed by atoms with E-state index in [4.69, 9.17) is 16.3 Å². The number of hydrogen-bond donors (Lipinski definition) is 0. The van der Waals surface area contributed by atoms with Crippen molar-refractivity contribution in [3.05, 3.63) is 35.1 Å². The molecule has 0 saturated carbocycles.